The second-order valence-electron chi connectivity index (χ2n) is 5.76. The van der Waals surface area contributed by atoms with Crippen LogP contribution in [0, 0.1) is 18.6 Å². The molecule has 0 bridgehead atoms. The molecule has 0 atom stereocenters. The SMILES string of the molecule is Cc1c(C(=O)ON2C(=O)c3ccccc3C2=O)[nH]c2c(F)cc(F)cc12. The summed E-state index contributed by atoms with van der Waals surface area (Å²) in [5.41, 5.74) is 0.220. The van der Waals surface area contributed by atoms with Crippen molar-refractivity contribution < 1.29 is 28.0 Å². The zero-order valence-corrected chi connectivity index (χ0v) is 13.3. The number of aromatic amines is 1. The maximum absolute atomic E-state index is 13.9. The number of aryl methyl sites for hydroxylation is 1. The third-order valence-electron chi connectivity index (χ3n) is 4.22. The van der Waals surface area contributed by atoms with E-state index in [1.54, 1.807) is 12.1 Å². The van der Waals surface area contributed by atoms with E-state index in [0.717, 1.165) is 6.07 Å². The van der Waals surface area contributed by atoms with Crippen LogP contribution in [0.3, 0.4) is 0 Å². The summed E-state index contributed by atoms with van der Waals surface area (Å²) in [6, 6.07) is 7.79. The summed E-state index contributed by atoms with van der Waals surface area (Å²) in [6.07, 6.45) is 0. The molecule has 4 rings (SSSR count). The summed E-state index contributed by atoms with van der Waals surface area (Å²) in [5.74, 6) is -4.27. The standard InChI is InChI=1S/C18H10F2N2O4/c1-8-12-6-9(19)7-13(20)15(12)21-14(8)18(25)26-22-16(23)10-4-2-3-5-11(10)17(22)24/h2-7,21H,1H3. The maximum Gasteiger partial charge on any atom is 0.380 e. The second-order valence-corrected chi connectivity index (χ2v) is 5.76. The van der Waals surface area contributed by atoms with E-state index in [1.165, 1.54) is 19.1 Å². The average Bonchev–Trinajstić information content (AvgIpc) is 3.06. The van der Waals surface area contributed by atoms with Gasteiger partial charge in [-0.25, -0.2) is 13.6 Å². The molecule has 1 N–H and O–H groups in total. The normalized spacial score (nSPS) is 13.4. The minimum atomic E-state index is -1.06. The molecule has 26 heavy (non-hydrogen) atoms. The Morgan fingerprint density at radius 1 is 1.08 bits per heavy atom. The van der Waals surface area contributed by atoms with E-state index >= 15 is 0 Å². The number of halogens is 2. The Kier molecular flexibility index (Phi) is 3.36. The molecule has 0 spiro atoms. The van der Waals surface area contributed by atoms with Crippen molar-refractivity contribution in [3.8, 4) is 0 Å². The Hall–Kier alpha value is -3.55. The molecule has 0 saturated carbocycles. The fourth-order valence-electron chi connectivity index (χ4n) is 2.93. The third-order valence-corrected chi connectivity index (χ3v) is 4.22. The van der Waals surface area contributed by atoms with Crippen LogP contribution >= 0.6 is 0 Å². The summed E-state index contributed by atoms with van der Waals surface area (Å²) in [7, 11) is 0. The van der Waals surface area contributed by atoms with Gasteiger partial charge in [-0.1, -0.05) is 17.2 Å². The lowest BCUT2D eigenvalue weighted by atomic mass is 10.1. The second kappa shape index (κ2) is 5.48. The first-order chi connectivity index (χ1) is 12.4. The van der Waals surface area contributed by atoms with E-state index in [-0.39, 0.29) is 33.3 Å². The van der Waals surface area contributed by atoms with Crippen LogP contribution in [0.1, 0.15) is 36.8 Å². The fraction of sp³-hybridized carbons (Fsp3) is 0.0556. The van der Waals surface area contributed by atoms with Crippen LogP contribution in [0.15, 0.2) is 36.4 Å². The molecule has 1 aliphatic heterocycles. The van der Waals surface area contributed by atoms with E-state index in [4.69, 9.17) is 4.84 Å². The molecule has 0 unspecified atom stereocenters. The van der Waals surface area contributed by atoms with Gasteiger partial charge < -0.3 is 9.82 Å². The predicted molar refractivity (Wildman–Crippen MR) is 85.3 cm³/mol. The van der Waals surface area contributed by atoms with Crippen molar-refractivity contribution in [1.29, 1.82) is 0 Å². The van der Waals surface area contributed by atoms with Crippen molar-refractivity contribution in [2.24, 2.45) is 0 Å². The first-order valence-corrected chi connectivity index (χ1v) is 7.56. The summed E-state index contributed by atoms with van der Waals surface area (Å²) in [6.45, 7) is 1.47. The van der Waals surface area contributed by atoms with E-state index < -0.39 is 29.4 Å². The highest BCUT2D eigenvalue weighted by molar-refractivity contribution is 6.21. The first-order valence-electron chi connectivity index (χ1n) is 7.56. The van der Waals surface area contributed by atoms with Gasteiger partial charge in [0.2, 0.25) is 0 Å². The molecule has 2 amide bonds. The van der Waals surface area contributed by atoms with Gasteiger partial charge in [0.1, 0.15) is 17.3 Å². The monoisotopic (exact) mass is 356 g/mol. The van der Waals surface area contributed by atoms with Crippen molar-refractivity contribution in [2.45, 2.75) is 6.92 Å². The van der Waals surface area contributed by atoms with E-state index in [0.29, 0.717) is 11.1 Å². The summed E-state index contributed by atoms with van der Waals surface area (Å²) >= 11 is 0. The number of H-pyrrole nitrogens is 1. The van der Waals surface area contributed by atoms with Gasteiger partial charge in [0.25, 0.3) is 11.8 Å². The number of hydrogen-bond acceptors (Lipinski definition) is 4. The number of rotatable bonds is 2. The number of aromatic nitrogens is 1. The predicted octanol–water partition coefficient (Wildman–Crippen LogP) is 3.12. The van der Waals surface area contributed by atoms with Crippen LogP contribution < -0.4 is 0 Å². The zero-order valence-electron chi connectivity index (χ0n) is 13.3. The fourth-order valence-corrected chi connectivity index (χ4v) is 2.93. The Bertz CT molecular complexity index is 1080. The van der Waals surface area contributed by atoms with Crippen LogP contribution in [-0.2, 0) is 4.84 Å². The first kappa shape index (κ1) is 15.9. The number of nitrogens with zero attached hydrogens (tertiary/aromatic N) is 1. The molecule has 6 nitrogen and oxygen atoms in total. The summed E-state index contributed by atoms with van der Waals surface area (Å²) in [4.78, 5) is 44.3. The van der Waals surface area contributed by atoms with Gasteiger partial charge in [-0.05, 0) is 30.7 Å². The van der Waals surface area contributed by atoms with Gasteiger partial charge in [-0.3, -0.25) is 9.59 Å². The zero-order chi connectivity index (χ0) is 18.6. The van der Waals surface area contributed by atoms with Gasteiger partial charge in [-0.2, -0.15) is 0 Å². The van der Waals surface area contributed by atoms with Gasteiger partial charge in [0.05, 0.1) is 16.6 Å². The minimum Gasteiger partial charge on any atom is -0.346 e. The molecule has 130 valence electrons. The summed E-state index contributed by atoms with van der Waals surface area (Å²) < 4.78 is 27.3. The smallest absolute Gasteiger partial charge is 0.346 e. The van der Waals surface area contributed by atoms with Crippen molar-refractivity contribution in [3.05, 3.63) is 70.4 Å². The number of carbonyl (C=O) groups is 3. The highest BCUT2D eigenvalue weighted by Crippen LogP contribution is 2.27. The van der Waals surface area contributed by atoms with Crippen LogP contribution in [0.4, 0.5) is 8.78 Å². The average molecular weight is 356 g/mol. The molecule has 0 fully saturated rings. The van der Waals surface area contributed by atoms with Gasteiger partial charge >= 0.3 is 5.97 Å². The molecule has 8 heteroatoms. The number of benzene rings is 2. The Balaban J connectivity index is 1.69. The van der Waals surface area contributed by atoms with Crippen LogP contribution in [0.2, 0.25) is 0 Å². The number of imide groups is 1. The molecule has 0 saturated heterocycles. The lowest BCUT2D eigenvalue weighted by Crippen LogP contribution is -2.33. The molecule has 2 aromatic carbocycles. The number of amides is 2. The highest BCUT2D eigenvalue weighted by Gasteiger charge is 2.39. The maximum atomic E-state index is 13.9. The number of hydrogen-bond donors (Lipinski definition) is 1. The Morgan fingerprint density at radius 3 is 2.31 bits per heavy atom. The van der Waals surface area contributed by atoms with Gasteiger partial charge in [0, 0.05) is 11.5 Å². The largest absolute Gasteiger partial charge is 0.380 e. The highest BCUT2D eigenvalue weighted by atomic mass is 19.1. The number of fused-ring (bicyclic) bond motifs is 2. The summed E-state index contributed by atoms with van der Waals surface area (Å²) in [5, 5.41) is 0.520. The Labute approximate surface area is 144 Å². The lowest BCUT2D eigenvalue weighted by Gasteiger charge is -2.12. The quantitative estimate of drug-likeness (QED) is 0.716. The van der Waals surface area contributed by atoms with Crippen molar-refractivity contribution in [1.82, 2.24) is 10.0 Å². The molecule has 1 aliphatic rings. The van der Waals surface area contributed by atoms with Crippen molar-refractivity contribution in [2.75, 3.05) is 0 Å². The van der Waals surface area contributed by atoms with Crippen LogP contribution in [-0.4, -0.2) is 27.8 Å². The van der Waals surface area contributed by atoms with E-state index in [2.05, 4.69) is 4.98 Å². The molecule has 0 radical (unpaired) electrons. The molecule has 2 heterocycles. The molecule has 3 aromatic rings. The van der Waals surface area contributed by atoms with Crippen molar-refractivity contribution in [3.63, 3.8) is 0 Å². The van der Waals surface area contributed by atoms with E-state index in [1.807, 2.05) is 0 Å². The Morgan fingerprint density at radius 2 is 1.69 bits per heavy atom. The van der Waals surface area contributed by atoms with Crippen molar-refractivity contribution >= 4 is 28.7 Å². The van der Waals surface area contributed by atoms with Crippen LogP contribution in [0.25, 0.3) is 10.9 Å². The number of hydroxylamine groups is 2. The minimum absolute atomic E-state index is 0.0711. The molecular weight excluding hydrogens is 346 g/mol. The molecule has 1 aromatic heterocycles. The lowest BCUT2D eigenvalue weighted by molar-refractivity contribution is -0.0588. The van der Waals surface area contributed by atoms with Gasteiger partial charge in [0.15, 0.2) is 0 Å². The molecular formula is C18H10F2N2O4. The third kappa shape index (κ3) is 2.19. The van der Waals surface area contributed by atoms with Gasteiger partial charge in [-0.15, -0.1) is 0 Å². The molecule has 0 aliphatic carbocycles. The number of carbonyl (C=O) groups excluding carboxylic acids is 3. The van der Waals surface area contributed by atoms with Crippen LogP contribution in [0.5, 0.6) is 0 Å². The van der Waals surface area contributed by atoms with E-state index in [9.17, 15) is 23.2 Å². The number of nitrogens with one attached hydrogen (secondary N) is 1. The topological polar surface area (TPSA) is 79.5 Å².